The molecule has 1 unspecified atom stereocenters. The van der Waals surface area contributed by atoms with E-state index in [-0.39, 0.29) is 11.8 Å². The van der Waals surface area contributed by atoms with Crippen molar-refractivity contribution in [2.24, 2.45) is 0 Å². The molecule has 2 aromatic rings. The average molecular weight is 301 g/mol. The maximum absolute atomic E-state index is 12.4. The van der Waals surface area contributed by atoms with Crippen molar-refractivity contribution in [3.63, 3.8) is 0 Å². The van der Waals surface area contributed by atoms with Crippen LogP contribution >= 0.6 is 0 Å². The molecule has 118 valence electrons. The number of rotatable bonds is 6. The Bertz CT molecular complexity index is 630. The first-order valence-electron chi connectivity index (χ1n) is 7.58. The lowest BCUT2D eigenvalue weighted by atomic mass is 9.98. The van der Waals surface area contributed by atoms with Crippen LogP contribution in [0.25, 0.3) is 0 Å². The van der Waals surface area contributed by atoms with Crippen LogP contribution in [0.15, 0.2) is 24.3 Å². The van der Waals surface area contributed by atoms with Gasteiger partial charge in [0.05, 0.1) is 18.2 Å². The first-order chi connectivity index (χ1) is 10.5. The second-order valence-electron chi connectivity index (χ2n) is 5.43. The van der Waals surface area contributed by atoms with Gasteiger partial charge in [0.1, 0.15) is 5.75 Å². The number of anilines is 1. The Morgan fingerprint density at radius 2 is 2.18 bits per heavy atom. The van der Waals surface area contributed by atoms with Gasteiger partial charge >= 0.3 is 0 Å². The maximum Gasteiger partial charge on any atom is 0.231 e. The lowest BCUT2D eigenvalue weighted by molar-refractivity contribution is -0.117. The third-order valence-electron chi connectivity index (χ3n) is 3.59. The fourth-order valence-corrected chi connectivity index (χ4v) is 2.46. The first kappa shape index (κ1) is 16.1. The molecule has 1 aromatic heterocycles. The summed E-state index contributed by atoms with van der Waals surface area (Å²) in [6.07, 6.45) is 0.951. The van der Waals surface area contributed by atoms with Crippen LogP contribution in [-0.2, 0) is 4.79 Å². The molecule has 0 saturated carbocycles. The van der Waals surface area contributed by atoms with Gasteiger partial charge in [0.2, 0.25) is 5.91 Å². The van der Waals surface area contributed by atoms with E-state index in [9.17, 15) is 4.79 Å². The number of nitrogens with one attached hydrogen (secondary N) is 2. The number of hydrogen-bond donors (Lipinski definition) is 2. The Morgan fingerprint density at radius 1 is 1.41 bits per heavy atom. The molecule has 1 amide bonds. The molecule has 0 saturated heterocycles. The van der Waals surface area contributed by atoms with Crippen LogP contribution < -0.4 is 10.1 Å². The number of benzene rings is 1. The van der Waals surface area contributed by atoms with Gasteiger partial charge in [-0.15, -0.1) is 0 Å². The van der Waals surface area contributed by atoms with Crippen molar-refractivity contribution in [2.45, 2.75) is 40.0 Å². The molecular formula is C17H23N3O2. The minimum Gasteiger partial charge on any atom is -0.494 e. The minimum atomic E-state index is -0.265. The molecule has 1 heterocycles. The van der Waals surface area contributed by atoms with Crippen molar-refractivity contribution < 1.29 is 9.53 Å². The molecule has 0 fully saturated rings. The predicted octanol–water partition coefficient (Wildman–Crippen LogP) is 3.56. The minimum absolute atomic E-state index is 0.0553. The molecule has 0 bridgehead atoms. The predicted molar refractivity (Wildman–Crippen MR) is 87.3 cm³/mol. The van der Waals surface area contributed by atoms with Crippen LogP contribution in [0.1, 0.15) is 43.1 Å². The van der Waals surface area contributed by atoms with E-state index in [4.69, 9.17) is 4.74 Å². The molecule has 0 radical (unpaired) electrons. The molecule has 5 nitrogen and oxygen atoms in total. The highest BCUT2D eigenvalue weighted by molar-refractivity contribution is 5.96. The lowest BCUT2D eigenvalue weighted by Gasteiger charge is -2.13. The highest BCUT2D eigenvalue weighted by Crippen LogP contribution is 2.24. The number of aryl methyl sites for hydroxylation is 2. The molecule has 2 rings (SSSR count). The first-order valence-corrected chi connectivity index (χ1v) is 7.58. The number of aromatic amines is 1. The van der Waals surface area contributed by atoms with Crippen molar-refractivity contribution in [1.29, 1.82) is 0 Å². The number of carbonyl (C=O) groups is 1. The SMILES string of the molecule is CCCOc1cccc(NC(=O)C(C)c2c(C)n[nH]c2C)c1. The number of hydrogen-bond acceptors (Lipinski definition) is 3. The topological polar surface area (TPSA) is 67.0 Å². The van der Waals surface area contributed by atoms with Gasteiger partial charge in [-0.25, -0.2) is 0 Å². The maximum atomic E-state index is 12.4. The van der Waals surface area contributed by atoms with Gasteiger partial charge < -0.3 is 10.1 Å². The van der Waals surface area contributed by atoms with Crippen molar-refractivity contribution in [2.75, 3.05) is 11.9 Å². The standard InChI is InChI=1S/C17H23N3O2/c1-5-9-22-15-8-6-7-14(10-15)18-17(21)11(2)16-12(3)19-20-13(16)4/h6-8,10-11H,5,9H2,1-4H3,(H,18,21)(H,19,20). The molecule has 0 aliphatic carbocycles. The Kier molecular flexibility index (Phi) is 5.20. The fraction of sp³-hybridized carbons (Fsp3) is 0.412. The second-order valence-corrected chi connectivity index (χ2v) is 5.43. The number of nitrogens with zero attached hydrogens (tertiary/aromatic N) is 1. The molecule has 5 heteroatoms. The number of ether oxygens (including phenoxy) is 1. The average Bonchev–Trinajstić information content (AvgIpc) is 2.84. The van der Waals surface area contributed by atoms with E-state index < -0.39 is 0 Å². The van der Waals surface area contributed by atoms with Crippen LogP contribution in [-0.4, -0.2) is 22.7 Å². The normalized spacial score (nSPS) is 12.0. The van der Waals surface area contributed by atoms with E-state index in [1.807, 2.05) is 45.0 Å². The summed E-state index contributed by atoms with van der Waals surface area (Å²) in [5.74, 6) is 0.446. The molecular weight excluding hydrogens is 278 g/mol. The van der Waals surface area contributed by atoms with Gasteiger partial charge in [0.15, 0.2) is 0 Å². The summed E-state index contributed by atoms with van der Waals surface area (Å²) in [5.41, 5.74) is 3.49. The van der Waals surface area contributed by atoms with E-state index in [0.717, 1.165) is 34.8 Å². The molecule has 1 atom stereocenters. The van der Waals surface area contributed by atoms with Crippen molar-refractivity contribution in [3.05, 3.63) is 41.2 Å². The van der Waals surface area contributed by atoms with E-state index in [1.54, 1.807) is 0 Å². The highest BCUT2D eigenvalue weighted by Gasteiger charge is 2.21. The number of aromatic nitrogens is 2. The van der Waals surface area contributed by atoms with Gasteiger partial charge in [-0.05, 0) is 39.3 Å². The van der Waals surface area contributed by atoms with Gasteiger partial charge in [0.25, 0.3) is 0 Å². The van der Waals surface area contributed by atoms with Crippen LogP contribution in [0.4, 0.5) is 5.69 Å². The zero-order valence-electron chi connectivity index (χ0n) is 13.6. The summed E-state index contributed by atoms with van der Waals surface area (Å²) in [7, 11) is 0. The third-order valence-corrected chi connectivity index (χ3v) is 3.59. The monoisotopic (exact) mass is 301 g/mol. The lowest BCUT2D eigenvalue weighted by Crippen LogP contribution is -2.19. The molecule has 22 heavy (non-hydrogen) atoms. The zero-order chi connectivity index (χ0) is 16.1. The molecule has 0 spiro atoms. The third kappa shape index (κ3) is 3.67. The summed E-state index contributed by atoms with van der Waals surface area (Å²) >= 11 is 0. The highest BCUT2D eigenvalue weighted by atomic mass is 16.5. The summed E-state index contributed by atoms with van der Waals surface area (Å²) < 4.78 is 5.58. The summed E-state index contributed by atoms with van der Waals surface area (Å²) in [5, 5.41) is 10.0. The van der Waals surface area contributed by atoms with Crippen molar-refractivity contribution in [3.8, 4) is 5.75 Å². The summed E-state index contributed by atoms with van der Waals surface area (Å²) in [6, 6.07) is 7.46. The van der Waals surface area contributed by atoms with Crippen LogP contribution in [0, 0.1) is 13.8 Å². The number of amides is 1. The number of carbonyl (C=O) groups excluding carboxylic acids is 1. The Balaban J connectivity index is 2.08. The Morgan fingerprint density at radius 3 is 2.82 bits per heavy atom. The molecule has 2 N–H and O–H groups in total. The van der Waals surface area contributed by atoms with E-state index in [2.05, 4.69) is 22.4 Å². The van der Waals surface area contributed by atoms with Crippen molar-refractivity contribution in [1.82, 2.24) is 10.2 Å². The summed E-state index contributed by atoms with van der Waals surface area (Å²) in [6.45, 7) is 8.45. The van der Waals surface area contributed by atoms with Crippen LogP contribution in [0.3, 0.4) is 0 Å². The van der Waals surface area contributed by atoms with E-state index >= 15 is 0 Å². The zero-order valence-corrected chi connectivity index (χ0v) is 13.6. The van der Waals surface area contributed by atoms with E-state index in [0.29, 0.717) is 6.61 Å². The van der Waals surface area contributed by atoms with Crippen LogP contribution in [0.2, 0.25) is 0 Å². The van der Waals surface area contributed by atoms with Gasteiger partial charge in [0, 0.05) is 23.0 Å². The smallest absolute Gasteiger partial charge is 0.231 e. The molecule has 0 aliphatic rings. The molecule has 0 aliphatic heterocycles. The quantitative estimate of drug-likeness (QED) is 0.857. The van der Waals surface area contributed by atoms with Crippen molar-refractivity contribution >= 4 is 11.6 Å². The second kappa shape index (κ2) is 7.11. The van der Waals surface area contributed by atoms with Gasteiger partial charge in [-0.3, -0.25) is 9.89 Å². The Hall–Kier alpha value is -2.30. The van der Waals surface area contributed by atoms with Gasteiger partial charge in [-0.2, -0.15) is 5.10 Å². The summed E-state index contributed by atoms with van der Waals surface area (Å²) in [4.78, 5) is 12.4. The van der Waals surface area contributed by atoms with E-state index in [1.165, 1.54) is 0 Å². The number of H-pyrrole nitrogens is 1. The molecule has 1 aromatic carbocycles. The van der Waals surface area contributed by atoms with Gasteiger partial charge in [-0.1, -0.05) is 13.0 Å². The van der Waals surface area contributed by atoms with Crippen LogP contribution in [0.5, 0.6) is 5.75 Å². The largest absolute Gasteiger partial charge is 0.494 e. The fourth-order valence-electron chi connectivity index (χ4n) is 2.46. The Labute approximate surface area is 131 Å².